The van der Waals surface area contributed by atoms with Crippen molar-refractivity contribution in [2.45, 2.75) is 18.2 Å². The van der Waals surface area contributed by atoms with Gasteiger partial charge < -0.3 is 4.74 Å². The van der Waals surface area contributed by atoms with Crippen molar-refractivity contribution in [2.75, 3.05) is 26.2 Å². The third-order valence-corrected chi connectivity index (χ3v) is 5.26. The van der Waals surface area contributed by atoms with E-state index in [2.05, 4.69) is 43.7 Å². The summed E-state index contributed by atoms with van der Waals surface area (Å²) in [5.41, 5.74) is 0. The van der Waals surface area contributed by atoms with Crippen LogP contribution in [-0.2, 0) is 0 Å². The molecule has 0 aromatic heterocycles. The van der Waals surface area contributed by atoms with E-state index in [4.69, 9.17) is 4.74 Å². The van der Waals surface area contributed by atoms with Crippen LogP contribution >= 0.6 is 31.9 Å². The van der Waals surface area contributed by atoms with E-state index < -0.39 is 0 Å². The van der Waals surface area contributed by atoms with E-state index in [0.717, 1.165) is 29.3 Å². The van der Waals surface area contributed by atoms with Gasteiger partial charge in [-0.25, -0.2) is 0 Å². The molecule has 1 fully saturated rings. The van der Waals surface area contributed by atoms with Gasteiger partial charge in [-0.2, -0.15) is 0 Å². The van der Waals surface area contributed by atoms with Crippen LogP contribution in [0, 0.1) is 5.92 Å². The molecule has 0 amide bonds. The average molecular weight is 377 g/mol. The molecule has 2 atom stereocenters. The van der Waals surface area contributed by atoms with E-state index in [1.54, 1.807) is 0 Å². The molecule has 1 aliphatic heterocycles. The molecule has 1 saturated heterocycles. The minimum absolute atomic E-state index is 0.682. The second-order valence-electron chi connectivity index (χ2n) is 4.88. The highest BCUT2D eigenvalue weighted by molar-refractivity contribution is 9.10. The van der Waals surface area contributed by atoms with Crippen molar-refractivity contribution in [3.63, 3.8) is 0 Å². The largest absolute Gasteiger partial charge is 0.492 e. The minimum Gasteiger partial charge on any atom is -0.492 e. The van der Waals surface area contributed by atoms with E-state index in [-0.39, 0.29) is 0 Å². The average Bonchev–Trinajstić information content (AvgIpc) is 2.36. The number of benzene rings is 1. The van der Waals surface area contributed by atoms with Gasteiger partial charge in [-0.15, -0.1) is 0 Å². The van der Waals surface area contributed by atoms with Gasteiger partial charge in [0.25, 0.3) is 0 Å². The van der Waals surface area contributed by atoms with Crippen molar-refractivity contribution >= 4 is 31.9 Å². The first-order chi connectivity index (χ1) is 8.65. The molecule has 2 rings (SSSR count). The SMILES string of the molecule is CC1CN(CCOc2ccc(Br)cc2)CCC1Br. The van der Waals surface area contributed by atoms with Gasteiger partial charge in [-0.1, -0.05) is 38.8 Å². The molecule has 0 aliphatic carbocycles. The molecule has 18 heavy (non-hydrogen) atoms. The Hall–Kier alpha value is -0.0600. The number of hydrogen-bond acceptors (Lipinski definition) is 2. The Morgan fingerprint density at radius 2 is 2.06 bits per heavy atom. The van der Waals surface area contributed by atoms with Gasteiger partial charge in [-0.05, 0) is 43.1 Å². The lowest BCUT2D eigenvalue weighted by Crippen LogP contribution is -2.41. The summed E-state index contributed by atoms with van der Waals surface area (Å²) in [5, 5.41) is 0. The monoisotopic (exact) mass is 375 g/mol. The Bertz CT molecular complexity index is 369. The summed E-state index contributed by atoms with van der Waals surface area (Å²) >= 11 is 7.15. The van der Waals surface area contributed by atoms with Crippen LogP contribution in [-0.4, -0.2) is 36.0 Å². The highest BCUT2D eigenvalue weighted by Crippen LogP contribution is 2.23. The number of piperidine rings is 1. The van der Waals surface area contributed by atoms with E-state index in [1.807, 2.05) is 24.3 Å². The van der Waals surface area contributed by atoms with Gasteiger partial charge in [0.05, 0.1) is 0 Å². The predicted molar refractivity (Wildman–Crippen MR) is 82.6 cm³/mol. The van der Waals surface area contributed by atoms with Gasteiger partial charge in [0.15, 0.2) is 0 Å². The Morgan fingerprint density at radius 3 is 2.72 bits per heavy atom. The summed E-state index contributed by atoms with van der Waals surface area (Å²) in [6, 6.07) is 8.01. The molecule has 0 N–H and O–H groups in total. The Kier molecular flexibility index (Phi) is 5.52. The van der Waals surface area contributed by atoms with E-state index >= 15 is 0 Å². The lowest BCUT2D eigenvalue weighted by molar-refractivity contribution is 0.158. The summed E-state index contributed by atoms with van der Waals surface area (Å²) in [7, 11) is 0. The van der Waals surface area contributed by atoms with Crippen molar-refractivity contribution in [3.8, 4) is 5.75 Å². The minimum atomic E-state index is 0.682. The molecular formula is C14H19Br2NO. The molecule has 0 bridgehead atoms. The zero-order chi connectivity index (χ0) is 13.0. The van der Waals surface area contributed by atoms with E-state index in [1.165, 1.54) is 19.5 Å². The van der Waals surface area contributed by atoms with Crippen molar-refractivity contribution < 1.29 is 4.74 Å². The van der Waals surface area contributed by atoms with Crippen molar-refractivity contribution in [1.82, 2.24) is 4.90 Å². The van der Waals surface area contributed by atoms with E-state index in [9.17, 15) is 0 Å². The Labute approximate surface area is 126 Å². The van der Waals surface area contributed by atoms with Crippen LogP contribution in [0.5, 0.6) is 5.75 Å². The van der Waals surface area contributed by atoms with Gasteiger partial charge in [0.1, 0.15) is 12.4 Å². The molecule has 1 aromatic carbocycles. The molecular weight excluding hydrogens is 358 g/mol. The molecule has 1 aliphatic rings. The fourth-order valence-corrected chi connectivity index (χ4v) is 2.87. The van der Waals surface area contributed by atoms with Crippen LogP contribution in [0.3, 0.4) is 0 Å². The molecule has 0 saturated carbocycles. The molecule has 1 aromatic rings. The quantitative estimate of drug-likeness (QED) is 0.738. The van der Waals surface area contributed by atoms with Crippen LogP contribution < -0.4 is 4.74 Å². The third-order valence-electron chi connectivity index (χ3n) is 3.37. The van der Waals surface area contributed by atoms with Crippen LogP contribution in [0.2, 0.25) is 0 Å². The maximum Gasteiger partial charge on any atom is 0.119 e. The van der Waals surface area contributed by atoms with Crippen LogP contribution in [0.25, 0.3) is 0 Å². The standard InChI is InChI=1S/C14H19Br2NO/c1-11-10-17(7-6-14(11)16)8-9-18-13-4-2-12(15)3-5-13/h2-5,11,14H,6-10H2,1H3. The highest BCUT2D eigenvalue weighted by atomic mass is 79.9. The topological polar surface area (TPSA) is 12.5 Å². The second kappa shape index (κ2) is 6.92. The molecule has 0 spiro atoms. The third kappa shape index (κ3) is 4.25. The summed E-state index contributed by atoms with van der Waals surface area (Å²) in [5.74, 6) is 1.67. The van der Waals surface area contributed by atoms with Crippen molar-refractivity contribution in [3.05, 3.63) is 28.7 Å². The maximum absolute atomic E-state index is 5.75. The van der Waals surface area contributed by atoms with Crippen LogP contribution in [0.4, 0.5) is 0 Å². The summed E-state index contributed by atoms with van der Waals surface area (Å²) in [6.45, 7) is 6.42. The normalized spacial score (nSPS) is 25.1. The van der Waals surface area contributed by atoms with Gasteiger partial charge in [0, 0.05) is 22.4 Å². The second-order valence-corrected chi connectivity index (χ2v) is 6.98. The smallest absolute Gasteiger partial charge is 0.119 e. The predicted octanol–water partition coefficient (Wildman–Crippen LogP) is 3.93. The van der Waals surface area contributed by atoms with Gasteiger partial charge >= 0.3 is 0 Å². The Balaban J connectivity index is 1.71. The zero-order valence-corrected chi connectivity index (χ0v) is 13.8. The summed E-state index contributed by atoms with van der Waals surface area (Å²) < 4.78 is 6.84. The molecule has 100 valence electrons. The number of rotatable bonds is 4. The molecule has 2 unspecified atom stereocenters. The highest BCUT2D eigenvalue weighted by Gasteiger charge is 2.23. The van der Waals surface area contributed by atoms with Gasteiger partial charge in [-0.3, -0.25) is 4.90 Å². The number of ether oxygens (including phenoxy) is 1. The number of likely N-dealkylation sites (tertiary alicyclic amines) is 1. The van der Waals surface area contributed by atoms with Crippen molar-refractivity contribution in [2.24, 2.45) is 5.92 Å². The molecule has 1 heterocycles. The molecule has 0 radical (unpaired) electrons. The number of alkyl halides is 1. The summed E-state index contributed by atoms with van der Waals surface area (Å²) in [4.78, 5) is 3.17. The Morgan fingerprint density at radius 1 is 1.33 bits per heavy atom. The number of hydrogen-bond donors (Lipinski definition) is 0. The maximum atomic E-state index is 5.75. The van der Waals surface area contributed by atoms with Crippen LogP contribution in [0.15, 0.2) is 28.7 Å². The number of halogens is 2. The molecule has 4 heteroatoms. The fraction of sp³-hybridized carbons (Fsp3) is 0.571. The van der Waals surface area contributed by atoms with Crippen LogP contribution in [0.1, 0.15) is 13.3 Å². The first-order valence-corrected chi connectivity index (χ1v) is 8.11. The number of nitrogens with zero attached hydrogens (tertiary/aromatic N) is 1. The van der Waals surface area contributed by atoms with Crippen molar-refractivity contribution in [1.29, 1.82) is 0 Å². The lowest BCUT2D eigenvalue weighted by atomic mass is 10.0. The first-order valence-electron chi connectivity index (χ1n) is 6.40. The lowest BCUT2D eigenvalue weighted by Gasteiger charge is -2.34. The van der Waals surface area contributed by atoms with Gasteiger partial charge in [0.2, 0.25) is 0 Å². The first kappa shape index (κ1) is 14.4. The zero-order valence-electron chi connectivity index (χ0n) is 10.6. The van der Waals surface area contributed by atoms with E-state index in [0.29, 0.717) is 4.83 Å². The summed E-state index contributed by atoms with van der Waals surface area (Å²) in [6.07, 6.45) is 1.24. The fourth-order valence-electron chi connectivity index (χ4n) is 2.23. The molecule has 2 nitrogen and oxygen atoms in total.